The molecule has 0 bridgehead atoms. The summed E-state index contributed by atoms with van der Waals surface area (Å²) in [4.78, 5) is 0. The Morgan fingerprint density at radius 3 is 2.71 bits per heavy atom. The molecular weight excluding hydrogens is 287 g/mol. The van der Waals surface area contributed by atoms with Gasteiger partial charge in [0.1, 0.15) is 23.9 Å². The third kappa shape index (κ3) is 3.46. The van der Waals surface area contributed by atoms with Crippen LogP contribution in [0.2, 0.25) is 0 Å². The molecule has 0 unspecified atom stereocenters. The summed E-state index contributed by atoms with van der Waals surface area (Å²) in [5.41, 5.74) is 0.824. The molecule has 0 aliphatic rings. The van der Waals surface area contributed by atoms with Crippen LogP contribution in [0, 0.1) is 5.82 Å². The van der Waals surface area contributed by atoms with Crippen LogP contribution in [-0.2, 0) is 6.61 Å². The SMILES string of the molecule is Oc1cccc(COc2cc(F)cc(Br)c2)c1. The number of rotatable bonds is 3. The molecule has 0 aliphatic carbocycles. The summed E-state index contributed by atoms with van der Waals surface area (Å²) in [6.45, 7) is 0.282. The minimum atomic E-state index is -0.356. The first-order valence-electron chi connectivity index (χ1n) is 5.00. The Hall–Kier alpha value is -1.55. The molecule has 0 saturated carbocycles. The van der Waals surface area contributed by atoms with Gasteiger partial charge < -0.3 is 9.84 Å². The summed E-state index contributed by atoms with van der Waals surface area (Å²) in [5, 5.41) is 9.28. The monoisotopic (exact) mass is 296 g/mol. The predicted molar refractivity (Wildman–Crippen MR) is 66.5 cm³/mol. The first-order valence-corrected chi connectivity index (χ1v) is 5.79. The van der Waals surface area contributed by atoms with Crippen LogP contribution in [0.25, 0.3) is 0 Å². The lowest BCUT2D eigenvalue weighted by Gasteiger charge is -2.07. The average molecular weight is 297 g/mol. The zero-order valence-corrected chi connectivity index (χ0v) is 10.4. The zero-order chi connectivity index (χ0) is 12.3. The Kier molecular flexibility index (Phi) is 3.64. The quantitative estimate of drug-likeness (QED) is 0.931. The first kappa shape index (κ1) is 11.9. The highest BCUT2D eigenvalue weighted by atomic mass is 79.9. The van der Waals surface area contributed by atoms with E-state index in [1.165, 1.54) is 12.1 Å². The lowest BCUT2D eigenvalue weighted by atomic mass is 10.2. The van der Waals surface area contributed by atoms with Crippen molar-refractivity contribution in [2.24, 2.45) is 0 Å². The summed E-state index contributed by atoms with van der Waals surface area (Å²) < 4.78 is 19.1. The number of ether oxygens (including phenoxy) is 1. The van der Waals surface area contributed by atoms with E-state index in [0.717, 1.165) is 5.56 Å². The van der Waals surface area contributed by atoms with Crippen LogP contribution in [0.3, 0.4) is 0 Å². The largest absolute Gasteiger partial charge is 0.508 e. The molecule has 0 aromatic heterocycles. The van der Waals surface area contributed by atoms with Crippen molar-refractivity contribution in [2.45, 2.75) is 6.61 Å². The summed E-state index contributed by atoms with van der Waals surface area (Å²) in [6, 6.07) is 11.1. The molecule has 88 valence electrons. The van der Waals surface area contributed by atoms with E-state index in [1.54, 1.807) is 24.3 Å². The Balaban J connectivity index is 2.07. The van der Waals surface area contributed by atoms with Crippen molar-refractivity contribution in [3.63, 3.8) is 0 Å². The molecule has 0 heterocycles. The average Bonchev–Trinajstić information content (AvgIpc) is 2.25. The molecule has 2 aromatic rings. The predicted octanol–water partition coefficient (Wildman–Crippen LogP) is 3.87. The summed E-state index contributed by atoms with van der Waals surface area (Å²) in [5.74, 6) is 0.275. The molecule has 0 atom stereocenters. The van der Waals surface area contributed by atoms with Gasteiger partial charge in [0.2, 0.25) is 0 Å². The Morgan fingerprint density at radius 1 is 1.18 bits per heavy atom. The van der Waals surface area contributed by atoms with Crippen LogP contribution in [-0.4, -0.2) is 5.11 Å². The molecule has 1 N–H and O–H groups in total. The molecular formula is C13H10BrFO2. The van der Waals surface area contributed by atoms with Gasteiger partial charge in [0.25, 0.3) is 0 Å². The summed E-state index contributed by atoms with van der Waals surface area (Å²) in [7, 11) is 0. The van der Waals surface area contributed by atoms with Gasteiger partial charge >= 0.3 is 0 Å². The smallest absolute Gasteiger partial charge is 0.128 e. The van der Waals surface area contributed by atoms with E-state index in [-0.39, 0.29) is 18.2 Å². The molecule has 0 amide bonds. The summed E-state index contributed by atoms with van der Waals surface area (Å²) >= 11 is 3.19. The van der Waals surface area contributed by atoms with Gasteiger partial charge in [-0.15, -0.1) is 0 Å². The molecule has 0 aliphatic heterocycles. The van der Waals surface area contributed by atoms with Crippen LogP contribution in [0.5, 0.6) is 11.5 Å². The second kappa shape index (κ2) is 5.19. The standard InChI is InChI=1S/C13H10BrFO2/c14-10-5-11(15)7-13(6-10)17-8-9-2-1-3-12(16)4-9/h1-7,16H,8H2. The van der Waals surface area contributed by atoms with Crippen LogP contribution in [0.1, 0.15) is 5.56 Å². The van der Waals surface area contributed by atoms with E-state index in [0.29, 0.717) is 10.2 Å². The van der Waals surface area contributed by atoms with E-state index in [4.69, 9.17) is 4.74 Å². The number of halogens is 2. The van der Waals surface area contributed by atoms with Crippen LogP contribution in [0.15, 0.2) is 46.9 Å². The Labute approximate surface area is 107 Å². The first-order chi connectivity index (χ1) is 8.13. The van der Waals surface area contributed by atoms with Crippen LogP contribution >= 0.6 is 15.9 Å². The van der Waals surface area contributed by atoms with Crippen molar-refractivity contribution in [3.8, 4) is 11.5 Å². The maximum atomic E-state index is 13.1. The van der Waals surface area contributed by atoms with E-state index < -0.39 is 0 Å². The third-order valence-electron chi connectivity index (χ3n) is 2.15. The van der Waals surface area contributed by atoms with Crippen molar-refractivity contribution in [1.29, 1.82) is 0 Å². The number of aromatic hydroxyl groups is 1. The summed E-state index contributed by atoms with van der Waals surface area (Å²) in [6.07, 6.45) is 0. The Bertz CT molecular complexity index is 508. The molecule has 2 aromatic carbocycles. The molecule has 0 radical (unpaired) electrons. The molecule has 0 fully saturated rings. The van der Waals surface area contributed by atoms with Crippen molar-refractivity contribution >= 4 is 15.9 Å². The highest BCUT2D eigenvalue weighted by Crippen LogP contribution is 2.22. The number of hydrogen-bond acceptors (Lipinski definition) is 2. The number of hydrogen-bond donors (Lipinski definition) is 1. The van der Waals surface area contributed by atoms with Gasteiger partial charge in [-0.25, -0.2) is 4.39 Å². The number of phenols is 1. The van der Waals surface area contributed by atoms with Gasteiger partial charge in [0.15, 0.2) is 0 Å². The zero-order valence-electron chi connectivity index (χ0n) is 8.86. The normalized spacial score (nSPS) is 10.2. The fraction of sp³-hybridized carbons (Fsp3) is 0.0769. The molecule has 2 nitrogen and oxygen atoms in total. The molecule has 0 saturated heterocycles. The van der Waals surface area contributed by atoms with Crippen molar-refractivity contribution < 1.29 is 14.2 Å². The highest BCUT2D eigenvalue weighted by Gasteiger charge is 2.01. The molecule has 0 spiro atoms. The fourth-order valence-corrected chi connectivity index (χ4v) is 1.87. The molecule has 2 rings (SSSR count). The van der Waals surface area contributed by atoms with E-state index >= 15 is 0 Å². The topological polar surface area (TPSA) is 29.5 Å². The lowest BCUT2D eigenvalue weighted by molar-refractivity contribution is 0.303. The van der Waals surface area contributed by atoms with E-state index in [9.17, 15) is 9.50 Å². The maximum Gasteiger partial charge on any atom is 0.128 e. The fourth-order valence-electron chi connectivity index (χ4n) is 1.42. The van der Waals surface area contributed by atoms with Gasteiger partial charge in [-0.05, 0) is 29.8 Å². The van der Waals surface area contributed by atoms with Gasteiger partial charge in [0.05, 0.1) is 0 Å². The highest BCUT2D eigenvalue weighted by molar-refractivity contribution is 9.10. The van der Waals surface area contributed by atoms with E-state index in [1.807, 2.05) is 6.07 Å². The van der Waals surface area contributed by atoms with Crippen LogP contribution < -0.4 is 4.74 Å². The minimum Gasteiger partial charge on any atom is -0.508 e. The number of phenolic OH excluding ortho intramolecular Hbond substituents is 1. The van der Waals surface area contributed by atoms with Crippen molar-refractivity contribution in [3.05, 3.63) is 58.3 Å². The van der Waals surface area contributed by atoms with E-state index in [2.05, 4.69) is 15.9 Å². The Morgan fingerprint density at radius 2 is 2.00 bits per heavy atom. The second-order valence-corrected chi connectivity index (χ2v) is 4.48. The molecule has 17 heavy (non-hydrogen) atoms. The van der Waals surface area contributed by atoms with Gasteiger partial charge in [-0.3, -0.25) is 0 Å². The van der Waals surface area contributed by atoms with Gasteiger partial charge in [-0.1, -0.05) is 28.1 Å². The third-order valence-corrected chi connectivity index (χ3v) is 2.61. The second-order valence-electron chi connectivity index (χ2n) is 3.56. The minimum absolute atomic E-state index is 0.187. The van der Waals surface area contributed by atoms with Crippen molar-refractivity contribution in [2.75, 3.05) is 0 Å². The maximum absolute atomic E-state index is 13.1. The molecule has 4 heteroatoms. The number of benzene rings is 2. The van der Waals surface area contributed by atoms with Crippen LogP contribution in [0.4, 0.5) is 4.39 Å². The van der Waals surface area contributed by atoms with Gasteiger partial charge in [0, 0.05) is 10.5 Å². The van der Waals surface area contributed by atoms with Gasteiger partial charge in [-0.2, -0.15) is 0 Å². The lowest BCUT2D eigenvalue weighted by Crippen LogP contribution is -1.95. The van der Waals surface area contributed by atoms with Crippen molar-refractivity contribution in [1.82, 2.24) is 0 Å².